The average Bonchev–Trinajstić information content (AvgIpc) is 3.07. The molecule has 2 aliphatic rings. The fourth-order valence-electron chi connectivity index (χ4n) is 3.35. The number of hydrogen-bond donors (Lipinski definition) is 0. The second-order valence-corrected chi connectivity index (χ2v) is 7.90. The number of nitrogens with zero attached hydrogens (tertiary/aromatic N) is 3. The molecule has 0 radical (unpaired) electrons. The quantitative estimate of drug-likeness (QED) is 0.787. The predicted octanol–water partition coefficient (Wildman–Crippen LogP) is 2.44. The zero-order valence-corrected chi connectivity index (χ0v) is 15.7. The number of furan rings is 1. The van der Waals surface area contributed by atoms with Gasteiger partial charge in [0.2, 0.25) is 5.91 Å². The van der Waals surface area contributed by atoms with E-state index >= 15 is 0 Å². The van der Waals surface area contributed by atoms with Crippen molar-refractivity contribution >= 4 is 17.7 Å². The van der Waals surface area contributed by atoms with E-state index in [1.807, 2.05) is 28.8 Å². The number of carbonyl (C=O) groups excluding carboxylic acids is 1. The molecule has 0 saturated carbocycles. The zero-order chi connectivity index (χ0) is 16.9. The molecule has 0 spiro atoms. The van der Waals surface area contributed by atoms with Gasteiger partial charge in [0, 0.05) is 51.3 Å². The molecule has 6 heteroatoms. The third-order valence-corrected chi connectivity index (χ3v) is 6.18. The number of thioether (sulfide) groups is 1. The zero-order valence-electron chi connectivity index (χ0n) is 14.9. The molecule has 1 atom stereocenters. The third kappa shape index (κ3) is 4.35. The van der Waals surface area contributed by atoms with Crippen LogP contribution in [0.15, 0.2) is 16.5 Å². The van der Waals surface area contributed by atoms with Crippen molar-refractivity contribution in [3.63, 3.8) is 0 Å². The lowest BCUT2D eigenvalue weighted by Crippen LogP contribution is -2.45. The molecule has 2 fully saturated rings. The van der Waals surface area contributed by atoms with Gasteiger partial charge in [0.1, 0.15) is 16.9 Å². The lowest BCUT2D eigenvalue weighted by Gasteiger charge is -2.36. The Kier molecular flexibility index (Phi) is 6.25. The van der Waals surface area contributed by atoms with Gasteiger partial charge in [0.05, 0.1) is 0 Å². The summed E-state index contributed by atoms with van der Waals surface area (Å²) in [7, 11) is 2.18. The molecule has 2 aliphatic heterocycles. The number of carbonyl (C=O) groups is 1. The van der Waals surface area contributed by atoms with Crippen LogP contribution in [0, 0.1) is 0 Å². The van der Waals surface area contributed by atoms with Crippen LogP contribution in [-0.4, -0.2) is 72.7 Å². The van der Waals surface area contributed by atoms with Gasteiger partial charge < -0.3 is 19.1 Å². The summed E-state index contributed by atoms with van der Waals surface area (Å²) in [5, 5.41) is 0.0547. The van der Waals surface area contributed by atoms with Crippen LogP contribution in [0.2, 0.25) is 0 Å². The smallest absolute Gasteiger partial charge is 0.224 e. The monoisotopic (exact) mass is 351 g/mol. The first kappa shape index (κ1) is 17.8. The second kappa shape index (κ2) is 8.41. The molecule has 5 nitrogen and oxygen atoms in total. The maximum atomic E-state index is 12.4. The van der Waals surface area contributed by atoms with Crippen molar-refractivity contribution in [2.75, 3.05) is 52.1 Å². The van der Waals surface area contributed by atoms with Crippen molar-refractivity contribution in [2.24, 2.45) is 0 Å². The fraction of sp³-hybridized carbons (Fsp3) is 0.722. The summed E-state index contributed by atoms with van der Waals surface area (Å²) in [4.78, 5) is 19.3. The van der Waals surface area contributed by atoms with E-state index in [4.69, 9.17) is 4.42 Å². The largest absolute Gasteiger partial charge is 0.463 e. The third-order valence-electron chi connectivity index (χ3n) is 4.94. The van der Waals surface area contributed by atoms with Gasteiger partial charge in [-0.1, -0.05) is 6.92 Å². The number of rotatable bonds is 6. The number of piperazine rings is 1. The molecular formula is C18H29N3O2S. The lowest BCUT2D eigenvalue weighted by molar-refractivity contribution is -0.132. The molecule has 3 heterocycles. The molecule has 1 aromatic heterocycles. The Bertz CT molecular complexity index is 540. The van der Waals surface area contributed by atoms with Crippen molar-refractivity contribution in [3.8, 4) is 0 Å². The summed E-state index contributed by atoms with van der Waals surface area (Å²) in [6.45, 7) is 8.57. The van der Waals surface area contributed by atoms with Crippen LogP contribution < -0.4 is 0 Å². The number of aryl methyl sites for hydroxylation is 1. The van der Waals surface area contributed by atoms with Crippen LogP contribution in [0.4, 0.5) is 0 Å². The molecule has 3 rings (SSSR count). The van der Waals surface area contributed by atoms with Gasteiger partial charge in [-0.15, -0.1) is 11.8 Å². The van der Waals surface area contributed by atoms with Crippen molar-refractivity contribution in [1.82, 2.24) is 14.7 Å². The van der Waals surface area contributed by atoms with Crippen LogP contribution in [0.1, 0.15) is 36.7 Å². The van der Waals surface area contributed by atoms with Gasteiger partial charge >= 0.3 is 0 Å². The van der Waals surface area contributed by atoms with Crippen molar-refractivity contribution < 1.29 is 9.21 Å². The standard InChI is InChI=1S/C18H29N3O2S/c1-3-15-5-6-16(23-15)18-21(17(22)7-14-24-18)9-4-8-20-12-10-19(2)11-13-20/h5-6,18H,3-4,7-14H2,1-2H3. The Hall–Kier alpha value is -0.980. The first-order valence-corrected chi connectivity index (χ1v) is 10.1. The normalized spacial score (nSPS) is 23.8. The SMILES string of the molecule is CCc1ccc(C2SCCC(=O)N2CCCN2CCN(C)CC2)o1. The van der Waals surface area contributed by atoms with Crippen LogP contribution in [0.25, 0.3) is 0 Å². The first-order chi connectivity index (χ1) is 11.7. The van der Waals surface area contributed by atoms with E-state index in [0.717, 1.165) is 69.4 Å². The summed E-state index contributed by atoms with van der Waals surface area (Å²) in [5.41, 5.74) is 0. The van der Waals surface area contributed by atoms with E-state index in [9.17, 15) is 4.79 Å². The summed E-state index contributed by atoms with van der Waals surface area (Å²) < 4.78 is 5.93. The number of hydrogen-bond acceptors (Lipinski definition) is 5. The minimum Gasteiger partial charge on any atom is -0.463 e. The van der Waals surface area contributed by atoms with Gasteiger partial charge in [-0.25, -0.2) is 0 Å². The van der Waals surface area contributed by atoms with Crippen LogP contribution in [0.3, 0.4) is 0 Å². The van der Waals surface area contributed by atoms with Crippen LogP contribution >= 0.6 is 11.8 Å². The van der Waals surface area contributed by atoms with E-state index in [0.29, 0.717) is 6.42 Å². The average molecular weight is 352 g/mol. The summed E-state index contributed by atoms with van der Waals surface area (Å²) >= 11 is 1.83. The van der Waals surface area contributed by atoms with Crippen LogP contribution in [-0.2, 0) is 11.2 Å². The first-order valence-electron chi connectivity index (χ1n) is 9.08. The Morgan fingerprint density at radius 3 is 2.71 bits per heavy atom. The molecule has 2 saturated heterocycles. The highest BCUT2D eigenvalue weighted by atomic mass is 32.2. The molecule has 1 amide bonds. The Morgan fingerprint density at radius 1 is 1.21 bits per heavy atom. The number of likely N-dealkylation sites (N-methyl/N-ethyl adjacent to an activating group) is 1. The maximum Gasteiger partial charge on any atom is 0.224 e. The van der Waals surface area contributed by atoms with Crippen LogP contribution in [0.5, 0.6) is 0 Å². The molecule has 1 aromatic rings. The van der Waals surface area contributed by atoms with E-state index in [-0.39, 0.29) is 11.3 Å². The molecule has 24 heavy (non-hydrogen) atoms. The highest BCUT2D eigenvalue weighted by Gasteiger charge is 2.31. The van der Waals surface area contributed by atoms with Gasteiger partial charge in [0.25, 0.3) is 0 Å². The minimum absolute atomic E-state index is 0.0547. The Labute approximate surface area is 149 Å². The maximum absolute atomic E-state index is 12.4. The highest BCUT2D eigenvalue weighted by Crippen LogP contribution is 2.38. The van der Waals surface area contributed by atoms with E-state index in [2.05, 4.69) is 23.8 Å². The highest BCUT2D eigenvalue weighted by molar-refractivity contribution is 7.99. The molecule has 0 bridgehead atoms. The fourth-order valence-corrected chi connectivity index (χ4v) is 4.56. The molecule has 0 aromatic carbocycles. The minimum atomic E-state index is 0.0547. The molecular weight excluding hydrogens is 322 g/mol. The van der Waals surface area contributed by atoms with Gasteiger partial charge in [-0.3, -0.25) is 4.79 Å². The Balaban J connectivity index is 1.55. The molecule has 1 unspecified atom stereocenters. The van der Waals surface area contributed by atoms with Gasteiger partial charge in [0.15, 0.2) is 0 Å². The summed E-state index contributed by atoms with van der Waals surface area (Å²) in [6.07, 6.45) is 2.58. The molecule has 0 aliphatic carbocycles. The summed E-state index contributed by atoms with van der Waals surface area (Å²) in [6, 6.07) is 4.08. The number of amides is 1. The van der Waals surface area contributed by atoms with Crippen molar-refractivity contribution in [1.29, 1.82) is 0 Å². The summed E-state index contributed by atoms with van der Waals surface area (Å²) in [5.74, 6) is 3.10. The second-order valence-electron chi connectivity index (χ2n) is 6.72. The lowest BCUT2D eigenvalue weighted by atomic mass is 10.2. The topological polar surface area (TPSA) is 39.9 Å². The van der Waals surface area contributed by atoms with E-state index in [1.165, 1.54) is 0 Å². The van der Waals surface area contributed by atoms with Crippen molar-refractivity contribution in [3.05, 3.63) is 23.7 Å². The predicted molar refractivity (Wildman–Crippen MR) is 98.2 cm³/mol. The van der Waals surface area contributed by atoms with E-state index in [1.54, 1.807) is 0 Å². The van der Waals surface area contributed by atoms with E-state index < -0.39 is 0 Å². The molecule has 0 N–H and O–H groups in total. The Morgan fingerprint density at radius 2 is 2.00 bits per heavy atom. The molecule has 134 valence electrons. The van der Waals surface area contributed by atoms with Crippen molar-refractivity contribution in [2.45, 2.75) is 31.6 Å². The van der Waals surface area contributed by atoms with Gasteiger partial charge in [-0.2, -0.15) is 0 Å². The van der Waals surface area contributed by atoms with Gasteiger partial charge in [-0.05, 0) is 32.1 Å².